The predicted octanol–water partition coefficient (Wildman–Crippen LogP) is 0.999. The number of carbonyl (C=O) groups is 1. The summed E-state index contributed by atoms with van der Waals surface area (Å²) in [5.41, 5.74) is 5.11. The van der Waals surface area contributed by atoms with Gasteiger partial charge in [-0.05, 0) is 39.2 Å². The zero-order valence-corrected chi connectivity index (χ0v) is 10.7. The topological polar surface area (TPSA) is 55.6 Å². The molecule has 16 heavy (non-hydrogen) atoms. The lowest BCUT2D eigenvalue weighted by molar-refractivity contribution is -0.149. The Hall–Kier alpha value is -0.610. The number of carbonyl (C=O) groups excluding carboxylic acids is 1. The van der Waals surface area contributed by atoms with Crippen LogP contribution < -0.4 is 5.73 Å². The number of rotatable bonds is 5. The van der Waals surface area contributed by atoms with Crippen molar-refractivity contribution in [3.05, 3.63) is 0 Å². The molecule has 0 saturated carbocycles. The van der Waals surface area contributed by atoms with Gasteiger partial charge in [0.2, 0.25) is 0 Å². The number of hydrogen-bond acceptors (Lipinski definition) is 4. The maximum atomic E-state index is 11.6. The maximum Gasteiger partial charge on any atom is 0.325 e. The molecule has 2 N–H and O–H groups in total. The Bertz CT molecular complexity index is 241. The summed E-state index contributed by atoms with van der Waals surface area (Å²) in [7, 11) is 0. The van der Waals surface area contributed by atoms with E-state index < -0.39 is 5.54 Å². The predicted molar refractivity (Wildman–Crippen MR) is 64.1 cm³/mol. The van der Waals surface area contributed by atoms with Crippen LogP contribution in [0.5, 0.6) is 0 Å². The summed E-state index contributed by atoms with van der Waals surface area (Å²) in [6.07, 6.45) is 1.92. The molecule has 1 aliphatic rings. The lowest BCUT2D eigenvalue weighted by Crippen LogP contribution is -2.48. The highest BCUT2D eigenvalue weighted by Crippen LogP contribution is 2.17. The normalized spacial score (nSPS) is 25.4. The second-order valence-electron chi connectivity index (χ2n) is 5.08. The molecule has 1 aliphatic heterocycles. The number of nitrogens with two attached hydrogens (primary N) is 1. The molecule has 0 aromatic rings. The van der Waals surface area contributed by atoms with Gasteiger partial charge in [-0.2, -0.15) is 0 Å². The molecular formula is C12H24N2O2. The third-order valence-electron chi connectivity index (χ3n) is 3.20. The van der Waals surface area contributed by atoms with Gasteiger partial charge in [0.25, 0.3) is 0 Å². The highest BCUT2D eigenvalue weighted by atomic mass is 16.5. The van der Waals surface area contributed by atoms with Crippen LogP contribution in [0.25, 0.3) is 0 Å². The molecule has 2 atom stereocenters. The van der Waals surface area contributed by atoms with E-state index in [0.29, 0.717) is 13.0 Å². The molecule has 0 radical (unpaired) electrons. The molecule has 2 unspecified atom stereocenters. The minimum absolute atomic E-state index is 0.290. The van der Waals surface area contributed by atoms with Crippen LogP contribution in [-0.4, -0.2) is 42.6 Å². The Morgan fingerprint density at radius 1 is 1.62 bits per heavy atom. The number of esters is 1. The van der Waals surface area contributed by atoms with Crippen molar-refractivity contribution in [2.45, 2.75) is 39.2 Å². The average Bonchev–Trinajstić information content (AvgIpc) is 2.62. The molecule has 4 heteroatoms. The zero-order valence-electron chi connectivity index (χ0n) is 10.7. The van der Waals surface area contributed by atoms with Crippen LogP contribution in [0.3, 0.4) is 0 Å². The van der Waals surface area contributed by atoms with E-state index in [1.54, 1.807) is 13.8 Å². The van der Waals surface area contributed by atoms with Gasteiger partial charge in [0.05, 0.1) is 6.61 Å². The van der Waals surface area contributed by atoms with Crippen LogP contribution in [0.15, 0.2) is 0 Å². The summed E-state index contributed by atoms with van der Waals surface area (Å²) in [5, 5.41) is 0. The second-order valence-corrected chi connectivity index (χ2v) is 5.08. The molecule has 1 heterocycles. The van der Waals surface area contributed by atoms with E-state index in [4.69, 9.17) is 10.5 Å². The van der Waals surface area contributed by atoms with E-state index in [1.807, 2.05) is 0 Å². The minimum Gasteiger partial charge on any atom is -0.465 e. The van der Waals surface area contributed by atoms with Crippen LogP contribution in [0.1, 0.15) is 33.6 Å². The fraction of sp³-hybridized carbons (Fsp3) is 0.917. The summed E-state index contributed by atoms with van der Waals surface area (Å²) in [5.74, 6) is 0.480. The third kappa shape index (κ3) is 3.76. The van der Waals surface area contributed by atoms with Crippen LogP contribution in [0.2, 0.25) is 0 Å². The van der Waals surface area contributed by atoms with Gasteiger partial charge in [0.1, 0.15) is 5.54 Å². The van der Waals surface area contributed by atoms with Crippen molar-refractivity contribution in [1.29, 1.82) is 0 Å². The number of ether oxygens (including phenoxy) is 1. The highest BCUT2D eigenvalue weighted by molar-refractivity contribution is 5.79. The molecule has 0 aromatic heterocycles. The van der Waals surface area contributed by atoms with Crippen molar-refractivity contribution < 1.29 is 9.53 Å². The Morgan fingerprint density at radius 2 is 2.31 bits per heavy atom. The second kappa shape index (κ2) is 5.64. The first-order chi connectivity index (χ1) is 7.45. The van der Waals surface area contributed by atoms with Crippen molar-refractivity contribution in [3.63, 3.8) is 0 Å². The van der Waals surface area contributed by atoms with E-state index in [0.717, 1.165) is 25.6 Å². The van der Waals surface area contributed by atoms with Gasteiger partial charge in [-0.15, -0.1) is 0 Å². The van der Waals surface area contributed by atoms with E-state index in [2.05, 4.69) is 11.8 Å². The van der Waals surface area contributed by atoms with E-state index in [9.17, 15) is 4.79 Å². The Kier molecular flexibility index (Phi) is 4.74. The molecule has 1 saturated heterocycles. The van der Waals surface area contributed by atoms with Gasteiger partial charge in [-0.25, -0.2) is 0 Å². The third-order valence-corrected chi connectivity index (χ3v) is 3.20. The molecule has 0 amide bonds. The molecule has 1 fully saturated rings. The molecule has 0 bridgehead atoms. The standard InChI is InChI=1S/C12H24N2O2/c1-4-16-11(15)12(3,13)6-8-14-7-5-10(2)9-14/h10H,4-9,13H2,1-3H3. The van der Waals surface area contributed by atoms with Crippen molar-refractivity contribution >= 4 is 5.97 Å². The zero-order chi connectivity index (χ0) is 12.2. The Labute approximate surface area is 98.1 Å². The first kappa shape index (κ1) is 13.5. The summed E-state index contributed by atoms with van der Waals surface area (Å²) >= 11 is 0. The van der Waals surface area contributed by atoms with Gasteiger partial charge >= 0.3 is 5.97 Å². The molecule has 1 rings (SSSR count). The summed E-state index contributed by atoms with van der Waals surface area (Å²) in [6.45, 7) is 9.34. The van der Waals surface area contributed by atoms with E-state index in [-0.39, 0.29) is 5.97 Å². The molecular weight excluding hydrogens is 204 g/mol. The molecule has 0 spiro atoms. The first-order valence-corrected chi connectivity index (χ1v) is 6.14. The van der Waals surface area contributed by atoms with Gasteiger partial charge in [-0.1, -0.05) is 6.92 Å². The first-order valence-electron chi connectivity index (χ1n) is 6.14. The monoisotopic (exact) mass is 228 g/mol. The lowest BCUT2D eigenvalue weighted by Gasteiger charge is -2.25. The maximum absolute atomic E-state index is 11.6. The van der Waals surface area contributed by atoms with Crippen molar-refractivity contribution in [3.8, 4) is 0 Å². The van der Waals surface area contributed by atoms with Crippen molar-refractivity contribution in [2.24, 2.45) is 11.7 Å². The van der Waals surface area contributed by atoms with Crippen LogP contribution in [-0.2, 0) is 9.53 Å². The van der Waals surface area contributed by atoms with Gasteiger partial charge in [0.15, 0.2) is 0 Å². The summed E-state index contributed by atoms with van der Waals surface area (Å²) in [4.78, 5) is 13.9. The SMILES string of the molecule is CCOC(=O)C(C)(N)CCN1CCC(C)C1. The average molecular weight is 228 g/mol. The van der Waals surface area contributed by atoms with Crippen molar-refractivity contribution in [2.75, 3.05) is 26.2 Å². The number of nitrogens with zero attached hydrogens (tertiary/aromatic N) is 1. The van der Waals surface area contributed by atoms with Gasteiger partial charge < -0.3 is 15.4 Å². The van der Waals surface area contributed by atoms with Crippen LogP contribution in [0, 0.1) is 5.92 Å². The summed E-state index contributed by atoms with van der Waals surface area (Å²) < 4.78 is 4.96. The molecule has 0 aromatic carbocycles. The van der Waals surface area contributed by atoms with Gasteiger partial charge in [-0.3, -0.25) is 4.79 Å². The van der Waals surface area contributed by atoms with Crippen LogP contribution in [0.4, 0.5) is 0 Å². The number of hydrogen-bond donors (Lipinski definition) is 1. The smallest absolute Gasteiger partial charge is 0.325 e. The van der Waals surface area contributed by atoms with E-state index in [1.165, 1.54) is 6.42 Å². The number of likely N-dealkylation sites (tertiary alicyclic amines) is 1. The highest BCUT2D eigenvalue weighted by Gasteiger charge is 2.31. The Morgan fingerprint density at radius 3 is 2.81 bits per heavy atom. The molecule has 4 nitrogen and oxygen atoms in total. The minimum atomic E-state index is -0.845. The summed E-state index contributed by atoms with van der Waals surface area (Å²) in [6, 6.07) is 0. The van der Waals surface area contributed by atoms with Gasteiger partial charge in [0, 0.05) is 13.1 Å². The fourth-order valence-corrected chi connectivity index (χ4v) is 2.02. The van der Waals surface area contributed by atoms with E-state index >= 15 is 0 Å². The molecule has 94 valence electrons. The quantitative estimate of drug-likeness (QED) is 0.713. The largest absolute Gasteiger partial charge is 0.465 e. The molecule has 0 aliphatic carbocycles. The fourth-order valence-electron chi connectivity index (χ4n) is 2.02. The lowest BCUT2D eigenvalue weighted by atomic mass is 9.99. The Balaban J connectivity index is 2.32. The van der Waals surface area contributed by atoms with Crippen LogP contribution >= 0.6 is 0 Å². The van der Waals surface area contributed by atoms with Crippen molar-refractivity contribution in [1.82, 2.24) is 4.90 Å².